The van der Waals surface area contributed by atoms with E-state index in [-0.39, 0.29) is 6.15 Å². The van der Waals surface area contributed by atoms with Crippen LogP contribution in [0.4, 0.5) is 0 Å². The molecule has 3 N–H and O–H groups in total. The summed E-state index contributed by atoms with van der Waals surface area (Å²) in [4.78, 5) is 0. The number of epoxide rings is 3. The fraction of sp³-hybridized carbons (Fsp3) is 1.00. The van der Waals surface area contributed by atoms with E-state index >= 15 is 0 Å². The van der Waals surface area contributed by atoms with Crippen molar-refractivity contribution in [3.63, 3.8) is 0 Å². The lowest BCUT2D eigenvalue weighted by atomic mass is 9.73. The highest BCUT2D eigenvalue weighted by Gasteiger charge is 2.39. The molecule has 5 nitrogen and oxygen atoms in total. The average molecular weight is 285 g/mol. The topological polar surface area (TPSA) is 81.8 Å². The molecule has 20 heavy (non-hydrogen) atoms. The van der Waals surface area contributed by atoms with Crippen molar-refractivity contribution in [2.45, 2.75) is 56.5 Å². The second-order valence-electron chi connectivity index (χ2n) is 6.63. The molecule has 4 fully saturated rings. The first-order valence-electron chi connectivity index (χ1n) is 7.83. The summed E-state index contributed by atoms with van der Waals surface area (Å²) in [5, 5.41) is 0. The van der Waals surface area contributed by atoms with E-state index in [0.717, 1.165) is 38.3 Å². The van der Waals surface area contributed by atoms with E-state index in [2.05, 4.69) is 0 Å². The Morgan fingerprint density at radius 1 is 0.800 bits per heavy atom. The summed E-state index contributed by atoms with van der Waals surface area (Å²) in [6.45, 7) is 3.66. The second kappa shape index (κ2) is 6.28. The number of hydrogen-bond donors (Lipinski definition) is 1. The van der Waals surface area contributed by atoms with Gasteiger partial charge in [0.2, 0.25) is 0 Å². The molecule has 6 atom stereocenters. The van der Waals surface area contributed by atoms with Gasteiger partial charge in [0.1, 0.15) is 6.10 Å². The van der Waals surface area contributed by atoms with E-state index in [4.69, 9.17) is 18.9 Å². The molecule has 0 amide bonds. The lowest BCUT2D eigenvalue weighted by Crippen LogP contribution is -2.32. The quantitative estimate of drug-likeness (QED) is 0.723. The van der Waals surface area contributed by atoms with Crippen LogP contribution in [0, 0.1) is 11.8 Å². The van der Waals surface area contributed by atoms with Crippen molar-refractivity contribution in [3.05, 3.63) is 0 Å². The highest BCUT2D eigenvalue weighted by atomic mass is 16.6. The molecule has 1 aliphatic carbocycles. The predicted octanol–water partition coefficient (Wildman–Crippen LogP) is 1.93. The summed E-state index contributed by atoms with van der Waals surface area (Å²) < 4.78 is 22.1. The van der Waals surface area contributed by atoms with Crippen LogP contribution in [0.25, 0.3) is 0 Å². The van der Waals surface area contributed by atoms with Gasteiger partial charge in [0, 0.05) is 0 Å². The van der Waals surface area contributed by atoms with Crippen LogP contribution in [-0.2, 0) is 18.9 Å². The molecule has 4 aliphatic rings. The largest absolute Gasteiger partial charge is 0.375 e. The standard InChI is InChI=1S/C15H24O4.H3N/c1-2-12(16-8-15-9-19-15)4-11(5-14-7-18-14)10(1)3-13-6-17-13;/h10-15H,1-9H2;1H3. The molecule has 3 aliphatic heterocycles. The molecular weight excluding hydrogens is 258 g/mol. The third kappa shape index (κ3) is 4.15. The summed E-state index contributed by atoms with van der Waals surface area (Å²) in [6, 6.07) is 0. The van der Waals surface area contributed by atoms with E-state index in [1.807, 2.05) is 0 Å². The third-order valence-corrected chi connectivity index (χ3v) is 4.95. The van der Waals surface area contributed by atoms with Crippen molar-refractivity contribution >= 4 is 0 Å². The van der Waals surface area contributed by atoms with Gasteiger partial charge in [-0.1, -0.05) is 0 Å². The maximum absolute atomic E-state index is 6.01. The minimum absolute atomic E-state index is 0. The minimum atomic E-state index is 0. The highest BCUT2D eigenvalue weighted by molar-refractivity contribution is 4.88. The Kier molecular flexibility index (Phi) is 4.62. The van der Waals surface area contributed by atoms with Crippen LogP contribution >= 0.6 is 0 Å². The monoisotopic (exact) mass is 285 g/mol. The summed E-state index contributed by atoms with van der Waals surface area (Å²) >= 11 is 0. The third-order valence-electron chi connectivity index (χ3n) is 4.95. The van der Waals surface area contributed by atoms with Gasteiger partial charge in [-0.3, -0.25) is 0 Å². The van der Waals surface area contributed by atoms with Crippen molar-refractivity contribution in [2.75, 3.05) is 26.4 Å². The van der Waals surface area contributed by atoms with Crippen molar-refractivity contribution in [1.29, 1.82) is 0 Å². The molecule has 0 spiro atoms. The van der Waals surface area contributed by atoms with Crippen molar-refractivity contribution in [1.82, 2.24) is 6.15 Å². The van der Waals surface area contributed by atoms with Gasteiger partial charge in [0.25, 0.3) is 0 Å². The van der Waals surface area contributed by atoms with E-state index in [0.29, 0.717) is 24.4 Å². The van der Waals surface area contributed by atoms with Crippen molar-refractivity contribution < 1.29 is 18.9 Å². The molecule has 1 saturated carbocycles. The molecule has 5 heteroatoms. The van der Waals surface area contributed by atoms with Crippen LogP contribution in [0.1, 0.15) is 32.1 Å². The normalized spacial score (nSPS) is 45.6. The summed E-state index contributed by atoms with van der Waals surface area (Å²) in [5.41, 5.74) is 0. The molecule has 0 aromatic carbocycles. The summed E-state index contributed by atoms with van der Waals surface area (Å²) in [6.07, 6.45) is 8.16. The molecule has 3 saturated heterocycles. The first-order valence-corrected chi connectivity index (χ1v) is 7.83. The summed E-state index contributed by atoms with van der Waals surface area (Å²) in [7, 11) is 0. The minimum Gasteiger partial charge on any atom is -0.375 e. The van der Waals surface area contributed by atoms with Crippen LogP contribution in [0.2, 0.25) is 0 Å². The van der Waals surface area contributed by atoms with E-state index in [9.17, 15) is 0 Å². The van der Waals surface area contributed by atoms with Gasteiger partial charge < -0.3 is 25.1 Å². The number of rotatable bonds is 7. The molecule has 6 unspecified atom stereocenters. The van der Waals surface area contributed by atoms with E-state index in [1.54, 1.807) is 0 Å². The lowest BCUT2D eigenvalue weighted by Gasteiger charge is -2.36. The van der Waals surface area contributed by atoms with Crippen LogP contribution < -0.4 is 6.15 Å². The first kappa shape index (κ1) is 14.7. The van der Waals surface area contributed by atoms with Gasteiger partial charge in [-0.15, -0.1) is 0 Å². The highest BCUT2D eigenvalue weighted by Crippen LogP contribution is 2.41. The second-order valence-corrected chi connectivity index (χ2v) is 6.63. The fourth-order valence-corrected chi connectivity index (χ4v) is 3.53. The SMILES string of the molecule is C1CC(CC2CO2)C(CC2CO2)CC1OCC1CO1.N. The van der Waals surface area contributed by atoms with E-state index < -0.39 is 0 Å². The van der Waals surface area contributed by atoms with Gasteiger partial charge in [-0.05, 0) is 43.9 Å². The Bertz CT molecular complexity index is 315. The molecule has 0 radical (unpaired) electrons. The Hall–Kier alpha value is -0.200. The zero-order chi connectivity index (χ0) is 12.7. The Morgan fingerprint density at radius 3 is 2.00 bits per heavy atom. The molecule has 0 bridgehead atoms. The van der Waals surface area contributed by atoms with Crippen LogP contribution in [0.3, 0.4) is 0 Å². The number of hydrogen-bond acceptors (Lipinski definition) is 5. The van der Waals surface area contributed by atoms with Crippen LogP contribution in [0.15, 0.2) is 0 Å². The van der Waals surface area contributed by atoms with Gasteiger partial charge in [0.15, 0.2) is 0 Å². The Morgan fingerprint density at radius 2 is 1.40 bits per heavy atom. The first-order chi connectivity index (χ1) is 9.37. The number of ether oxygens (including phenoxy) is 4. The van der Waals surface area contributed by atoms with Gasteiger partial charge in [-0.25, -0.2) is 0 Å². The van der Waals surface area contributed by atoms with Crippen molar-refractivity contribution in [2.24, 2.45) is 11.8 Å². The molecule has 3 heterocycles. The zero-order valence-electron chi connectivity index (χ0n) is 12.2. The smallest absolute Gasteiger partial charge is 0.104 e. The predicted molar refractivity (Wildman–Crippen MR) is 74.0 cm³/mol. The average Bonchev–Trinajstić information content (AvgIpc) is 3.25. The van der Waals surface area contributed by atoms with Crippen molar-refractivity contribution in [3.8, 4) is 0 Å². The lowest BCUT2D eigenvalue weighted by molar-refractivity contribution is -0.0146. The maximum atomic E-state index is 6.01. The van der Waals surface area contributed by atoms with Gasteiger partial charge in [-0.2, -0.15) is 0 Å². The zero-order valence-corrected chi connectivity index (χ0v) is 12.2. The van der Waals surface area contributed by atoms with Gasteiger partial charge in [0.05, 0.1) is 44.7 Å². The fourth-order valence-electron chi connectivity index (χ4n) is 3.53. The van der Waals surface area contributed by atoms with Crippen LogP contribution in [0.5, 0.6) is 0 Å². The van der Waals surface area contributed by atoms with Gasteiger partial charge >= 0.3 is 0 Å². The maximum Gasteiger partial charge on any atom is 0.104 e. The molecule has 0 aromatic heterocycles. The Balaban J connectivity index is 0.00000121. The summed E-state index contributed by atoms with van der Waals surface area (Å²) in [5.74, 6) is 1.60. The molecule has 0 aromatic rings. The Labute approximate surface area is 120 Å². The molecular formula is C15H27NO4. The molecule has 116 valence electrons. The van der Waals surface area contributed by atoms with E-state index in [1.165, 1.54) is 32.1 Å². The van der Waals surface area contributed by atoms with Crippen LogP contribution in [-0.4, -0.2) is 50.8 Å². The molecule has 4 rings (SSSR count).